The van der Waals surface area contributed by atoms with Gasteiger partial charge in [-0.1, -0.05) is 24.3 Å². The largest absolute Gasteiger partial charge is 0.379 e. The van der Waals surface area contributed by atoms with Crippen molar-refractivity contribution in [2.24, 2.45) is 0 Å². The van der Waals surface area contributed by atoms with E-state index in [0.29, 0.717) is 5.95 Å². The maximum absolute atomic E-state index is 5.37. The second kappa shape index (κ2) is 7.76. The van der Waals surface area contributed by atoms with Crippen molar-refractivity contribution >= 4 is 11.8 Å². The van der Waals surface area contributed by atoms with E-state index in [-0.39, 0.29) is 0 Å². The van der Waals surface area contributed by atoms with Crippen LogP contribution in [0, 0.1) is 0 Å². The zero-order chi connectivity index (χ0) is 16.9. The van der Waals surface area contributed by atoms with Crippen LogP contribution < -0.4 is 10.2 Å². The van der Waals surface area contributed by atoms with E-state index in [1.807, 2.05) is 0 Å². The lowest BCUT2D eigenvalue weighted by atomic mass is 10.0. The van der Waals surface area contributed by atoms with E-state index in [0.717, 1.165) is 64.7 Å². The zero-order valence-corrected chi connectivity index (χ0v) is 14.4. The quantitative estimate of drug-likeness (QED) is 0.876. The summed E-state index contributed by atoms with van der Waals surface area (Å²) in [5.74, 6) is 1.49. The number of hydrogen-bond acceptors (Lipinski definition) is 7. The predicted molar refractivity (Wildman–Crippen MR) is 96.8 cm³/mol. The van der Waals surface area contributed by atoms with Crippen LogP contribution in [0.2, 0.25) is 0 Å². The van der Waals surface area contributed by atoms with Crippen LogP contribution in [0.15, 0.2) is 30.5 Å². The smallest absolute Gasteiger partial charge is 0.244 e. The molecule has 0 atom stereocenters. The molecule has 7 nitrogen and oxygen atoms in total. The number of nitrogens with zero attached hydrogens (tertiary/aromatic N) is 5. The van der Waals surface area contributed by atoms with Gasteiger partial charge in [-0.15, -0.1) is 5.10 Å². The first kappa shape index (κ1) is 16.2. The molecular weight excluding hydrogens is 316 g/mol. The molecule has 2 aliphatic heterocycles. The summed E-state index contributed by atoms with van der Waals surface area (Å²) in [6.45, 7) is 7.25. The van der Waals surface area contributed by atoms with Gasteiger partial charge in [0, 0.05) is 39.3 Å². The van der Waals surface area contributed by atoms with Crippen LogP contribution in [0.25, 0.3) is 0 Å². The van der Waals surface area contributed by atoms with E-state index in [2.05, 4.69) is 54.6 Å². The Morgan fingerprint density at radius 2 is 1.92 bits per heavy atom. The maximum Gasteiger partial charge on any atom is 0.244 e. The summed E-state index contributed by atoms with van der Waals surface area (Å²) in [4.78, 5) is 9.30. The van der Waals surface area contributed by atoms with Crippen molar-refractivity contribution in [3.63, 3.8) is 0 Å². The van der Waals surface area contributed by atoms with Crippen molar-refractivity contribution in [1.82, 2.24) is 20.1 Å². The van der Waals surface area contributed by atoms with Crippen LogP contribution in [0.4, 0.5) is 11.8 Å². The Morgan fingerprint density at radius 3 is 2.80 bits per heavy atom. The third-order valence-corrected chi connectivity index (χ3v) is 4.82. The molecule has 4 rings (SSSR count). The summed E-state index contributed by atoms with van der Waals surface area (Å²) in [6.07, 6.45) is 2.79. The number of morpholine rings is 1. The molecule has 1 aromatic heterocycles. The van der Waals surface area contributed by atoms with E-state index in [1.54, 1.807) is 6.20 Å². The lowest BCUT2D eigenvalue weighted by molar-refractivity contribution is 0.0398. The first-order valence-corrected chi connectivity index (χ1v) is 8.94. The minimum absolute atomic E-state index is 0.601. The van der Waals surface area contributed by atoms with Crippen LogP contribution in [-0.4, -0.2) is 66.0 Å². The summed E-state index contributed by atoms with van der Waals surface area (Å²) in [6, 6.07) is 8.61. The number of aromatic nitrogens is 3. The fourth-order valence-corrected chi connectivity index (χ4v) is 3.36. The van der Waals surface area contributed by atoms with E-state index < -0.39 is 0 Å². The van der Waals surface area contributed by atoms with Gasteiger partial charge >= 0.3 is 0 Å². The molecule has 2 aromatic rings. The van der Waals surface area contributed by atoms with Gasteiger partial charge in [-0.2, -0.15) is 10.1 Å². The maximum atomic E-state index is 5.37. The SMILES string of the molecule is c1ccc2c(c1)CCN(c1cnnc(NCCN3CCOCC3)n1)C2. The molecule has 1 saturated heterocycles. The molecule has 0 radical (unpaired) electrons. The molecule has 1 N–H and O–H groups in total. The van der Waals surface area contributed by atoms with Crippen molar-refractivity contribution in [3.05, 3.63) is 41.6 Å². The van der Waals surface area contributed by atoms with Crippen molar-refractivity contribution in [1.29, 1.82) is 0 Å². The molecule has 0 aliphatic carbocycles. The highest BCUT2D eigenvalue weighted by atomic mass is 16.5. The Bertz CT molecular complexity index is 703. The summed E-state index contributed by atoms with van der Waals surface area (Å²) in [7, 11) is 0. The molecule has 0 bridgehead atoms. The fourth-order valence-electron chi connectivity index (χ4n) is 3.36. The highest BCUT2D eigenvalue weighted by molar-refractivity contribution is 5.44. The molecule has 0 spiro atoms. The molecule has 1 fully saturated rings. The molecule has 2 aliphatic rings. The molecular formula is C18H24N6O. The number of benzene rings is 1. The lowest BCUT2D eigenvalue weighted by Gasteiger charge is -2.29. The van der Waals surface area contributed by atoms with Gasteiger partial charge < -0.3 is 15.0 Å². The van der Waals surface area contributed by atoms with E-state index in [9.17, 15) is 0 Å². The topological polar surface area (TPSA) is 66.4 Å². The summed E-state index contributed by atoms with van der Waals surface area (Å²) >= 11 is 0. The second-order valence-electron chi connectivity index (χ2n) is 6.46. The van der Waals surface area contributed by atoms with Crippen molar-refractivity contribution in [2.75, 3.05) is 56.2 Å². The number of ether oxygens (including phenoxy) is 1. The first-order valence-electron chi connectivity index (χ1n) is 8.94. The monoisotopic (exact) mass is 340 g/mol. The lowest BCUT2D eigenvalue weighted by Crippen LogP contribution is -2.39. The van der Waals surface area contributed by atoms with Gasteiger partial charge in [-0.25, -0.2) is 0 Å². The van der Waals surface area contributed by atoms with Crippen molar-refractivity contribution in [3.8, 4) is 0 Å². The highest BCUT2D eigenvalue weighted by Crippen LogP contribution is 2.22. The Hall–Kier alpha value is -2.25. The Labute approximate surface area is 148 Å². The van der Waals surface area contributed by atoms with Gasteiger partial charge in [0.15, 0.2) is 5.82 Å². The Balaban J connectivity index is 1.35. The predicted octanol–water partition coefficient (Wildman–Crippen LogP) is 1.18. The van der Waals surface area contributed by atoms with Crippen LogP contribution in [0.3, 0.4) is 0 Å². The standard InChI is InChI=1S/C18H24N6O/c1-2-4-16-14-24(7-5-15(16)3-1)17-13-20-22-18(21-17)19-6-8-23-9-11-25-12-10-23/h1-4,13H,5-12,14H2,(H,19,21,22). The minimum Gasteiger partial charge on any atom is -0.379 e. The molecule has 0 amide bonds. The Kier molecular flexibility index (Phi) is 5.03. The molecule has 7 heteroatoms. The molecule has 1 aromatic carbocycles. The number of hydrogen-bond donors (Lipinski definition) is 1. The van der Waals surface area contributed by atoms with Crippen LogP contribution in [0.5, 0.6) is 0 Å². The summed E-state index contributed by atoms with van der Waals surface area (Å²) in [5.41, 5.74) is 2.80. The average molecular weight is 340 g/mol. The molecule has 3 heterocycles. The van der Waals surface area contributed by atoms with Gasteiger partial charge in [0.1, 0.15) is 0 Å². The third kappa shape index (κ3) is 4.05. The van der Waals surface area contributed by atoms with Crippen molar-refractivity contribution in [2.45, 2.75) is 13.0 Å². The summed E-state index contributed by atoms with van der Waals surface area (Å²) < 4.78 is 5.37. The highest BCUT2D eigenvalue weighted by Gasteiger charge is 2.18. The average Bonchev–Trinajstić information content (AvgIpc) is 2.69. The summed E-state index contributed by atoms with van der Waals surface area (Å²) in [5, 5.41) is 11.5. The number of nitrogens with one attached hydrogen (secondary N) is 1. The number of anilines is 2. The molecule has 0 unspecified atom stereocenters. The normalized spacial score (nSPS) is 18.0. The zero-order valence-electron chi connectivity index (χ0n) is 14.4. The van der Waals surface area contributed by atoms with Crippen LogP contribution in [-0.2, 0) is 17.7 Å². The second-order valence-corrected chi connectivity index (χ2v) is 6.46. The number of rotatable bonds is 5. The number of fused-ring (bicyclic) bond motifs is 1. The van der Waals surface area contributed by atoms with E-state index in [1.165, 1.54) is 11.1 Å². The van der Waals surface area contributed by atoms with E-state index >= 15 is 0 Å². The molecule has 0 saturated carbocycles. The van der Waals surface area contributed by atoms with Crippen LogP contribution >= 0.6 is 0 Å². The first-order chi connectivity index (χ1) is 12.4. The van der Waals surface area contributed by atoms with Gasteiger partial charge in [0.05, 0.1) is 19.4 Å². The Morgan fingerprint density at radius 1 is 1.08 bits per heavy atom. The molecule has 132 valence electrons. The fraction of sp³-hybridized carbons (Fsp3) is 0.500. The molecule has 25 heavy (non-hydrogen) atoms. The van der Waals surface area contributed by atoms with Crippen LogP contribution in [0.1, 0.15) is 11.1 Å². The third-order valence-electron chi connectivity index (χ3n) is 4.82. The van der Waals surface area contributed by atoms with Crippen molar-refractivity contribution < 1.29 is 4.74 Å². The minimum atomic E-state index is 0.601. The van der Waals surface area contributed by atoms with Gasteiger partial charge in [-0.3, -0.25) is 4.90 Å². The van der Waals surface area contributed by atoms with Gasteiger partial charge in [0.25, 0.3) is 0 Å². The van der Waals surface area contributed by atoms with Gasteiger partial charge in [0.2, 0.25) is 5.95 Å². The van der Waals surface area contributed by atoms with E-state index in [4.69, 9.17) is 4.74 Å². The van der Waals surface area contributed by atoms with Gasteiger partial charge in [-0.05, 0) is 17.5 Å².